The van der Waals surface area contributed by atoms with Gasteiger partial charge < -0.3 is 14.8 Å². The highest BCUT2D eigenvalue weighted by atomic mass is 79.9. The minimum atomic E-state index is 0.547. The van der Waals surface area contributed by atoms with Crippen LogP contribution in [-0.2, 0) is 0 Å². The van der Waals surface area contributed by atoms with Crippen LogP contribution >= 0.6 is 31.9 Å². The molecule has 0 aromatic heterocycles. The second-order valence-electron chi connectivity index (χ2n) is 4.06. The van der Waals surface area contributed by atoms with E-state index in [2.05, 4.69) is 37.2 Å². The third-order valence-corrected chi connectivity index (χ3v) is 3.77. The lowest BCUT2D eigenvalue weighted by Gasteiger charge is -2.13. The summed E-state index contributed by atoms with van der Waals surface area (Å²) in [5, 5.41) is 3.30. The molecule has 0 atom stereocenters. The van der Waals surface area contributed by atoms with Crippen LogP contribution in [0.25, 0.3) is 0 Å². The van der Waals surface area contributed by atoms with Crippen molar-refractivity contribution in [2.24, 2.45) is 0 Å². The number of para-hydroxylation sites is 1. The van der Waals surface area contributed by atoms with Gasteiger partial charge in [0.05, 0.1) is 11.6 Å². The van der Waals surface area contributed by atoms with E-state index in [0.717, 1.165) is 26.1 Å². The maximum Gasteiger partial charge on any atom is 0.175 e. The first-order chi connectivity index (χ1) is 9.70. The molecular formula is C15H15Br2NO2. The van der Waals surface area contributed by atoms with Crippen molar-refractivity contribution in [2.75, 3.05) is 25.6 Å². The van der Waals surface area contributed by atoms with Gasteiger partial charge in [-0.05, 0) is 46.3 Å². The maximum atomic E-state index is 5.76. The zero-order chi connectivity index (χ0) is 14.4. The lowest BCUT2D eigenvalue weighted by atomic mass is 10.3. The number of rotatable bonds is 6. The average Bonchev–Trinajstić information content (AvgIpc) is 2.45. The summed E-state index contributed by atoms with van der Waals surface area (Å²) in [4.78, 5) is 0. The zero-order valence-electron chi connectivity index (χ0n) is 11.0. The summed E-state index contributed by atoms with van der Waals surface area (Å²) in [6.45, 7) is 1.26. The van der Waals surface area contributed by atoms with Crippen LogP contribution in [0, 0.1) is 0 Å². The molecule has 0 unspecified atom stereocenters. The second kappa shape index (κ2) is 7.55. The number of anilines is 1. The molecule has 0 spiro atoms. The number of ether oxygens (including phenoxy) is 2. The molecular weight excluding hydrogens is 386 g/mol. The number of methoxy groups -OCH3 is 1. The molecule has 3 nitrogen and oxygen atoms in total. The SMILES string of the molecule is COc1cccc(Br)c1OCCNc1cccc(Br)c1. The molecule has 0 bridgehead atoms. The van der Waals surface area contributed by atoms with Crippen molar-refractivity contribution in [3.8, 4) is 11.5 Å². The fourth-order valence-corrected chi connectivity index (χ4v) is 2.60. The van der Waals surface area contributed by atoms with Gasteiger partial charge in [-0.25, -0.2) is 0 Å². The summed E-state index contributed by atoms with van der Waals surface area (Å²) >= 11 is 6.91. The van der Waals surface area contributed by atoms with Crippen molar-refractivity contribution in [2.45, 2.75) is 0 Å². The van der Waals surface area contributed by atoms with Gasteiger partial charge in [0.1, 0.15) is 6.61 Å². The Hall–Kier alpha value is -1.20. The second-order valence-corrected chi connectivity index (χ2v) is 5.83. The Labute approximate surface area is 135 Å². The number of nitrogens with one attached hydrogen (secondary N) is 1. The molecule has 0 fully saturated rings. The van der Waals surface area contributed by atoms with Crippen molar-refractivity contribution < 1.29 is 9.47 Å². The van der Waals surface area contributed by atoms with Gasteiger partial charge in [0, 0.05) is 16.7 Å². The normalized spacial score (nSPS) is 10.2. The van der Waals surface area contributed by atoms with Gasteiger partial charge in [-0.3, -0.25) is 0 Å². The van der Waals surface area contributed by atoms with E-state index in [1.807, 2.05) is 42.5 Å². The summed E-state index contributed by atoms with van der Waals surface area (Å²) in [6.07, 6.45) is 0. The molecule has 0 radical (unpaired) electrons. The summed E-state index contributed by atoms with van der Waals surface area (Å²) < 4.78 is 13.0. The van der Waals surface area contributed by atoms with Crippen molar-refractivity contribution in [3.63, 3.8) is 0 Å². The van der Waals surface area contributed by atoms with Gasteiger partial charge in [-0.2, -0.15) is 0 Å². The van der Waals surface area contributed by atoms with E-state index in [1.165, 1.54) is 0 Å². The highest BCUT2D eigenvalue weighted by Crippen LogP contribution is 2.34. The van der Waals surface area contributed by atoms with Crippen LogP contribution in [0.4, 0.5) is 5.69 Å². The molecule has 20 heavy (non-hydrogen) atoms. The van der Waals surface area contributed by atoms with E-state index in [-0.39, 0.29) is 0 Å². The molecule has 0 aliphatic carbocycles. The highest BCUT2D eigenvalue weighted by molar-refractivity contribution is 9.10. The summed E-state index contributed by atoms with van der Waals surface area (Å²) in [5.74, 6) is 1.45. The van der Waals surface area contributed by atoms with Crippen LogP contribution in [-0.4, -0.2) is 20.3 Å². The Kier molecular flexibility index (Phi) is 5.73. The number of benzene rings is 2. The van der Waals surface area contributed by atoms with Gasteiger partial charge in [0.15, 0.2) is 11.5 Å². The molecule has 0 amide bonds. The van der Waals surface area contributed by atoms with E-state index >= 15 is 0 Å². The van der Waals surface area contributed by atoms with Crippen LogP contribution in [0.15, 0.2) is 51.4 Å². The predicted molar refractivity (Wildman–Crippen MR) is 88.8 cm³/mol. The number of hydrogen-bond acceptors (Lipinski definition) is 3. The fraction of sp³-hybridized carbons (Fsp3) is 0.200. The highest BCUT2D eigenvalue weighted by Gasteiger charge is 2.07. The van der Waals surface area contributed by atoms with Crippen molar-refractivity contribution >= 4 is 37.5 Å². The molecule has 0 saturated carbocycles. The van der Waals surface area contributed by atoms with Crippen molar-refractivity contribution in [3.05, 3.63) is 51.4 Å². The average molecular weight is 401 g/mol. The van der Waals surface area contributed by atoms with Crippen LogP contribution in [0.3, 0.4) is 0 Å². The number of hydrogen-bond donors (Lipinski definition) is 1. The van der Waals surface area contributed by atoms with Crippen molar-refractivity contribution in [1.82, 2.24) is 0 Å². The third-order valence-electron chi connectivity index (χ3n) is 2.65. The van der Waals surface area contributed by atoms with Crippen LogP contribution in [0.1, 0.15) is 0 Å². The van der Waals surface area contributed by atoms with E-state index in [9.17, 15) is 0 Å². The van der Waals surface area contributed by atoms with E-state index in [1.54, 1.807) is 7.11 Å². The van der Waals surface area contributed by atoms with Gasteiger partial charge in [0.2, 0.25) is 0 Å². The quantitative estimate of drug-likeness (QED) is 0.712. The first kappa shape index (κ1) is 15.2. The first-order valence-corrected chi connectivity index (χ1v) is 7.74. The fourth-order valence-electron chi connectivity index (χ4n) is 1.74. The molecule has 0 aliphatic rings. The third kappa shape index (κ3) is 4.15. The van der Waals surface area contributed by atoms with Crippen LogP contribution in [0.2, 0.25) is 0 Å². The smallest absolute Gasteiger partial charge is 0.175 e. The molecule has 2 aromatic carbocycles. The van der Waals surface area contributed by atoms with Crippen LogP contribution < -0.4 is 14.8 Å². The largest absolute Gasteiger partial charge is 0.493 e. The molecule has 0 heterocycles. The standard InChI is InChI=1S/C15H15Br2NO2/c1-19-14-7-3-6-13(17)15(14)20-9-8-18-12-5-2-4-11(16)10-12/h2-7,10,18H,8-9H2,1H3. The first-order valence-electron chi connectivity index (χ1n) is 6.15. The lowest BCUT2D eigenvalue weighted by molar-refractivity contribution is 0.304. The molecule has 1 N–H and O–H groups in total. The topological polar surface area (TPSA) is 30.5 Å². The molecule has 0 aliphatic heterocycles. The zero-order valence-corrected chi connectivity index (χ0v) is 14.2. The minimum Gasteiger partial charge on any atom is -0.493 e. The van der Waals surface area contributed by atoms with Gasteiger partial charge in [-0.1, -0.05) is 28.1 Å². The Morgan fingerprint density at radius 3 is 2.65 bits per heavy atom. The van der Waals surface area contributed by atoms with Crippen LogP contribution in [0.5, 0.6) is 11.5 Å². The molecule has 2 aromatic rings. The van der Waals surface area contributed by atoms with E-state index in [0.29, 0.717) is 13.2 Å². The lowest BCUT2D eigenvalue weighted by Crippen LogP contribution is -2.12. The minimum absolute atomic E-state index is 0.547. The summed E-state index contributed by atoms with van der Waals surface area (Å²) in [6, 6.07) is 13.7. The Morgan fingerprint density at radius 2 is 1.90 bits per heavy atom. The maximum absolute atomic E-state index is 5.76. The Balaban J connectivity index is 1.87. The van der Waals surface area contributed by atoms with E-state index < -0.39 is 0 Å². The predicted octanol–water partition coefficient (Wildman–Crippen LogP) is 4.71. The van der Waals surface area contributed by atoms with E-state index in [4.69, 9.17) is 9.47 Å². The Bertz CT molecular complexity index is 576. The monoisotopic (exact) mass is 399 g/mol. The summed E-state index contributed by atoms with van der Waals surface area (Å²) in [5.41, 5.74) is 1.06. The number of halogens is 2. The molecule has 2 rings (SSSR count). The molecule has 106 valence electrons. The van der Waals surface area contributed by atoms with Crippen molar-refractivity contribution in [1.29, 1.82) is 0 Å². The molecule has 0 saturated heterocycles. The summed E-state index contributed by atoms with van der Waals surface area (Å²) in [7, 11) is 1.63. The Morgan fingerprint density at radius 1 is 1.10 bits per heavy atom. The van der Waals surface area contributed by atoms with Gasteiger partial charge >= 0.3 is 0 Å². The molecule has 5 heteroatoms. The van der Waals surface area contributed by atoms with Gasteiger partial charge in [0.25, 0.3) is 0 Å². The van der Waals surface area contributed by atoms with Gasteiger partial charge in [-0.15, -0.1) is 0 Å².